The van der Waals surface area contributed by atoms with Gasteiger partial charge in [0, 0.05) is 10.7 Å². The van der Waals surface area contributed by atoms with Crippen LogP contribution in [0.3, 0.4) is 0 Å². The van der Waals surface area contributed by atoms with Crippen LogP contribution in [0.25, 0.3) is 10.4 Å². The zero-order valence-corrected chi connectivity index (χ0v) is 17.5. The minimum atomic E-state index is -0.766. The fourth-order valence-corrected chi connectivity index (χ4v) is 4.08. The summed E-state index contributed by atoms with van der Waals surface area (Å²) in [4.78, 5) is 41.2. The van der Waals surface area contributed by atoms with Crippen LogP contribution in [0.15, 0.2) is 28.0 Å². The van der Waals surface area contributed by atoms with E-state index in [-0.39, 0.29) is 42.3 Å². The number of carbonyl (C=O) groups excluding carboxylic acids is 3. The zero-order chi connectivity index (χ0) is 21.6. The van der Waals surface area contributed by atoms with Crippen LogP contribution in [-0.4, -0.2) is 59.7 Å². The molecule has 11 heteroatoms. The molecule has 2 rings (SSSR count). The molecule has 2 N–H and O–H groups in total. The van der Waals surface area contributed by atoms with Gasteiger partial charge in [-0.05, 0) is 23.4 Å². The molecule has 29 heavy (non-hydrogen) atoms. The van der Waals surface area contributed by atoms with Crippen molar-refractivity contribution in [1.29, 1.82) is 0 Å². The normalized spacial score (nSPS) is 21.3. The molecule has 0 aromatic carbocycles. The van der Waals surface area contributed by atoms with E-state index >= 15 is 0 Å². The Morgan fingerprint density at radius 2 is 2.17 bits per heavy atom. The van der Waals surface area contributed by atoms with Gasteiger partial charge < -0.3 is 15.2 Å². The minimum Gasteiger partial charge on any atom is -0.462 e. The van der Waals surface area contributed by atoms with Crippen LogP contribution < -0.4 is 5.73 Å². The summed E-state index contributed by atoms with van der Waals surface area (Å²) in [6, 6.07) is -0.689. The molecule has 0 aromatic rings. The van der Waals surface area contributed by atoms with Crippen LogP contribution in [0.1, 0.15) is 27.2 Å². The second-order valence-corrected chi connectivity index (χ2v) is 8.09. The van der Waals surface area contributed by atoms with Crippen molar-refractivity contribution in [3.8, 4) is 0 Å². The van der Waals surface area contributed by atoms with Crippen molar-refractivity contribution in [2.75, 3.05) is 25.5 Å². The van der Waals surface area contributed by atoms with Crippen molar-refractivity contribution >= 4 is 29.6 Å². The van der Waals surface area contributed by atoms with E-state index in [0.29, 0.717) is 17.7 Å². The lowest BCUT2D eigenvalue weighted by Crippen LogP contribution is -2.68. The molecule has 1 saturated heterocycles. The number of thioether (sulfide) groups is 1. The average Bonchev–Trinajstić information content (AvgIpc) is 2.71. The van der Waals surface area contributed by atoms with E-state index in [1.165, 1.54) is 16.7 Å². The maximum absolute atomic E-state index is 12.8. The van der Waals surface area contributed by atoms with E-state index < -0.39 is 23.9 Å². The Hall–Kier alpha value is -2.49. The van der Waals surface area contributed by atoms with Crippen LogP contribution in [0.2, 0.25) is 0 Å². The molecule has 0 spiro atoms. The van der Waals surface area contributed by atoms with Crippen molar-refractivity contribution in [2.24, 2.45) is 16.8 Å². The first kappa shape index (κ1) is 22.8. The fraction of sp³-hybridized carbons (Fsp3) is 0.611. The van der Waals surface area contributed by atoms with Gasteiger partial charge in [0.05, 0.1) is 18.7 Å². The van der Waals surface area contributed by atoms with E-state index in [1.807, 2.05) is 20.8 Å². The van der Waals surface area contributed by atoms with Crippen molar-refractivity contribution < 1.29 is 23.9 Å². The van der Waals surface area contributed by atoms with E-state index in [9.17, 15) is 14.4 Å². The van der Waals surface area contributed by atoms with Gasteiger partial charge in [-0.15, -0.1) is 11.8 Å². The molecule has 0 unspecified atom stereocenters. The molecule has 2 heterocycles. The smallest absolute Gasteiger partial charge is 0.355 e. The molecule has 2 atom stereocenters. The lowest BCUT2D eigenvalue weighted by molar-refractivity contribution is -0.151. The van der Waals surface area contributed by atoms with Gasteiger partial charge in [0.15, 0.2) is 0 Å². The van der Waals surface area contributed by atoms with Gasteiger partial charge in [0.1, 0.15) is 23.7 Å². The standard InChI is InChI=1S/C18H25N5O5S/c1-4-5-11(17(25)27-7-10(2)3)8-28-18(26)14-12(6-21-22-20)9-29-16-13(19)15(24)23(14)16/h5,10,13,16H,4,6-9,19H2,1-3H3/b11-5+/t13-,16-/m1/s1. The predicted molar refractivity (Wildman–Crippen MR) is 107 cm³/mol. The summed E-state index contributed by atoms with van der Waals surface area (Å²) in [7, 11) is 0. The highest BCUT2D eigenvalue weighted by molar-refractivity contribution is 8.00. The Balaban J connectivity index is 2.15. The zero-order valence-electron chi connectivity index (χ0n) is 16.7. The summed E-state index contributed by atoms with van der Waals surface area (Å²) in [6.07, 6.45) is 2.20. The molecule has 0 aromatic heterocycles. The topological polar surface area (TPSA) is 148 Å². The third-order valence-corrected chi connectivity index (χ3v) is 5.59. The second kappa shape index (κ2) is 10.3. The molecule has 0 aliphatic carbocycles. The van der Waals surface area contributed by atoms with Gasteiger partial charge in [0.2, 0.25) is 5.91 Å². The number of azide groups is 1. The van der Waals surface area contributed by atoms with Crippen LogP contribution >= 0.6 is 11.8 Å². The van der Waals surface area contributed by atoms with Crippen LogP contribution in [0.5, 0.6) is 0 Å². The summed E-state index contributed by atoms with van der Waals surface area (Å²) >= 11 is 1.40. The molecule has 1 amide bonds. The largest absolute Gasteiger partial charge is 0.462 e. The van der Waals surface area contributed by atoms with Crippen molar-refractivity contribution in [3.63, 3.8) is 0 Å². The number of rotatable bonds is 9. The van der Waals surface area contributed by atoms with E-state index in [1.54, 1.807) is 6.08 Å². The quantitative estimate of drug-likeness (QED) is 0.149. The molecule has 2 aliphatic rings. The summed E-state index contributed by atoms with van der Waals surface area (Å²) in [5.74, 6) is -1.14. The number of nitrogens with two attached hydrogens (primary N) is 1. The first-order chi connectivity index (χ1) is 13.8. The van der Waals surface area contributed by atoms with Crippen LogP contribution in [0, 0.1) is 5.92 Å². The van der Waals surface area contributed by atoms with E-state index in [2.05, 4.69) is 10.0 Å². The highest BCUT2D eigenvalue weighted by atomic mass is 32.2. The molecular formula is C18H25N5O5S. The first-order valence-electron chi connectivity index (χ1n) is 9.28. The Bertz CT molecular complexity index is 788. The highest BCUT2D eigenvalue weighted by Gasteiger charge is 2.51. The number of esters is 2. The number of nitrogens with zero attached hydrogens (tertiary/aromatic N) is 4. The van der Waals surface area contributed by atoms with Crippen molar-refractivity contribution in [2.45, 2.75) is 38.6 Å². The maximum Gasteiger partial charge on any atom is 0.355 e. The molecule has 0 radical (unpaired) electrons. The van der Waals surface area contributed by atoms with Crippen LogP contribution in [0.4, 0.5) is 0 Å². The number of β-lactam (4-membered cyclic amide) rings is 1. The van der Waals surface area contributed by atoms with Crippen molar-refractivity contribution in [3.05, 3.63) is 33.4 Å². The van der Waals surface area contributed by atoms with Gasteiger partial charge in [-0.2, -0.15) is 0 Å². The number of hydrogen-bond donors (Lipinski definition) is 1. The average molecular weight is 423 g/mol. The number of allylic oxidation sites excluding steroid dienone is 1. The Morgan fingerprint density at radius 1 is 1.45 bits per heavy atom. The molecule has 10 nitrogen and oxygen atoms in total. The number of fused-ring (bicyclic) bond motifs is 1. The van der Waals surface area contributed by atoms with Gasteiger partial charge >= 0.3 is 11.9 Å². The third-order valence-electron chi connectivity index (χ3n) is 4.23. The van der Waals surface area contributed by atoms with Gasteiger partial charge in [-0.3, -0.25) is 9.69 Å². The van der Waals surface area contributed by atoms with Crippen LogP contribution in [-0.2, 0) is 23.9 Å². The SMILES string of the molecule is CC/C=C(\COC(=O)C1=C(CN=[N+]=[N-])CS[C@@H]2[C@H](N)C(=O)N12)C(=O)OCC(C)C. The lowest BCUT2D eigenvalue weighted by Gasteiger charge is -2.48. The first-order valence-corrected chi connectivity index (χ1v) is 10.3. The molecular weight excluding hydrogens is 398 g/mol. The van der Waals surface area contributed by atoms with Crippen molar-refractivity contribution in [1.82, 2.24) is 4.90 Å². The fourth-order valence-electron chi connectivity index (χ4n) is 2.80. The molecule has 0 saturated carbocycles. The number of hydrogen-bond acceptors (Lipinski definition) is 8. The molecule has 0 bridgehead atoms. The van der Waals surface area contributed by atoms with Gasteiger partial charge in [-0.1, -0.05) is 32.0 Å². The van der Waals surface area contributed by atoms with Gasteiger partial charge in [-0.25, -0.2) is 9.59 Å². The molecule has 158 valence electrons. The predicted octanol–water partition coefficient (Wildman–Crippen LogP) is 1.87. The van der Waals surface area contributed by atoms with E-state index in [4.69, 9.17) is 20.7 Å². The summed E-state index contributed by atoms with van der Waals surface area (Å²) in [5, 5.41) is 3.14. The number of carbonyl (C=O) groups is 3. The summed E-state index contributed by atoms with van der Waals surface area (Å²) in [6.45, 7) is 5.60. The maximum atomic E-state index is 12.8. The Kier molecular flexibility index (Phi) is 8.12. The second-order valence-electron chi connectivity index (χ2n) is 6.98. The van der Waals surface area contributed by atoms with Gasteiger partial charge in [0.25, 0.3) is 0 Å². The van der Waals surface area contributed by atoms with E-state index in [0.717, 1.165) is 0 Å². The summed E-state index contributed by atoms with van der Waals surface area (Å²) < 4.78 is 10.5. The molecule has 2 aliphatic heterocycles. The number of amides is 1. The Morgan fingerprint density at radius 3 is 2.79 bits per heavy atom. The Labute approximate surface area is 173 Å². The number of ether oxygens (including phenoxy) is 2. The minimum absolute atomic E-state index is 0.0410. The third kappa shape index (κ3) is 5.31. The highest BCUT2D eigenvalue weighted by Crippen LogP contribution is 2.39. The lowest BCUT2D eigenvalue weighted by atomic mass is 10.0. The molecule has 1 fully saturated rings. The summed E-state index contributed by atoms with van der Waals surface area (Å²) in [5.41, 5.74) is 15.1. The monoisotopic (exact) mass is 423 g/mol.